The second kappa shape index (κ2) is 10.8. The van der Waals surface area contributed by atoms with Gasteiger partial charge < -0.3 is 4.74 Å². The van der Waals surface area contributed by atoms with Gasteiger partial charge in [0.1, 0.15) is 5.75 Å². The summed E-state index contributed by atoms with van der Waals surface area (Å²) in [7, 11) is 1.64. The molecule has 6 heteroatoms. The minimum absolute atomic E-state index is 0.205. The average Bonchev–Trinajstić information content (AvgIpc) is 3.31. The number of nitrogens with one attached hydrogen (secondary N) is 1. The van der Waals surface area contributed by atoms with Crippen LogP contribution in [0.5, 0.6) is 5.75 Å². The first-order chi connectivity index (χ1) is 15.7. The fourth-order valence-electron chi connectivity index (χ4n) is 2.96. The van der Waals surface area contributed by atoms with Crippen LogP contribution in [0.4, 0.5) is 5.13 Å². The van der Waals surface area contributed by atoms with Crippen molar-refractivity contribution in [3.63, 3.8) is 0 Å². The lowest BCUT2D eigenvalue weighted by atomic mass is 10.2. The molecule has 1 N–H and O–H groups in total. The Bertz CT molecular complexity index is 1180. The molecular formula is C26H22N2O2S2. The third-order valence-corrected chi connectivity index (χ3v) is 6.52. The van der Waals surface area contributed by atoms with Gasteiger partial charge in [-0.1, -0.05) is 42.5 Å². The first kappa shape index (κ1) is 21.9. The maximum absolute atomic E-state index is 12.3. The Morgan fingerprint density at radius 2 is 1.78 bits per heavy atom. The lowest BCUT2D eigenvalue weighted by molar-refractivity contribution is -0.111. The Balaban J connectivity index is 1.30. The number of ether oxygens (including phenoxy) is 1. The molecule has 0 aliphatic carbocycles. The number of hydrogen-bond donors (Lipinski definition) is 1. The van der Waals surface area contributed by atoms with Crippen molar-refractivity contribution in [1.82, 2.24) is 4.98 Å². The molecular weight excluding hydrogens is 436 g/mol. The van der Waals surface area contributed by atoms with E-state index in [4.69, 9.17) is 4.74 Å². The zero-order valence-corrected chi connectivity index (χ0v) is 19.2. The molecule has 1 amide bonds. The van der Waals surface area contributed by atoms with Crippen LogP contribution in [-0.4, -0.2) is 18.0 Å². The summed E-state index contributed by atoms with van der Waals surface area (Å²) in [5.74, 6) is 1.53. The SMILES string of the molecule is COc1ccc(-c2csc(NC(=O)/C=C/c3ccc(SCc4ccccc4)cc3)n2)cc1. The molecule has 160 valence electrons. The summed E-state index contributed by atoms with van der Waals surface area (Å²) >= 11 is 3.19. The zero-order chi connectivity index (χ0) is 22.2. The topological polar surface area (TPSA) is 51.2 Å². The Morgan fingerprint density at radius 3 is 2.50 bits per heavy atom. The molecule has 4 rings (SSSR count). The molecule has 32 heavy (non-hydrogen) atoms. The van der Waals surface area contributed by atoms with Crippen molar-refractivity contribution in [2.75, 3.05) is 12.4 Å². The highest BCUT2D eigenvalue weighted by Gasteiger charge is 2.07. The van der Waals surface area contributed by atoms with Crippen LogP contribution in [0.2, 0.25) is 0 Å². The molecule has 0 atom stereocenters. The van der Waals surface area contributed by atoms with Crippen LogP contribution in [-0.2, 0) is 10.5 Å². The largest absolute Gasteiger partial charge is 0.497 e. The molecule has 3 aromatic carbocycles. The normalized spacial score (nSPS) is 10.9. The Kier molecular flexibility index (Phi) is 7.38. The summed E-state index contributed by atoms with van der Waals surface area (Å²) in [5, 5.41) is 5.32. The number of hydrogen-bond acceptors (Lipinski definition) is 5. The number of aromatic nitrogens is 1. The molecule has 0 aliphatic heterocycles. The van der Waals surface area contributed by atoms with Gasteiger partial charge in [-0.2, -0.15) is 0 Å². The highest BCUT2D eigenvalue weighted by Crippen LogP contribution is 2.27. The maximum atomic E-state index is 12.3. The number of amides is 1. The van der Waals surface area contributed by atoms with Crippen molar-refractivity contribution in [1.29, 1.82) is 0 Å². The fraction of sp³-hybridized carbons (Fsp3) is 0.0769. The minimum Gasteiger partial charge on any atom is -0.497 e. The molecule has 4 aromatic rings. The zero-order valence-electron chi connectivity index (χ0n) is 17.5. The van der Waals surface area contributed by atoms with Gasteiger partial charge >= 0.3 is 0 Å². The Morgan fingerprint density at radius 1 is 1.03 bits per heavy atom. The number of thioether (sulfide) groups is 1. The molecule has 0 saturated heterocycles. The molecule has 1 heterocycles. The van der Waals surface area contributed by atoms with Crippen LogP contribution >= 0.6 is 23.1 Å². The van der Waals surface area contributed by atoms with Crippen molar-refractivity contribution in [2.24, 2.45) is 0 Å². The number of anilines is 1. The van der Waals surface area contributed by atoms with E-state index in [1.165, 1.54) is 27.9 Å². The van der Waals surface area contributed by atoms with E-state index in [2.05, 4.69) is 46.7 Å². The minimum atomic E-state index is -0.205. The first-order valence-electron chi connectivity index (χ1n) is 10.1. The second-order valence-electron chi connectivity index (χ2n) is 6.93. The summed E-state index contributed by atoms with van der Waals surface area (Å²) in [6, 6.07) is 26.3. The fourth-order valence-corrected chi connectivity index (χ4v) is 4.54. The van der Waals surface area contributed by atoms with Crippen molar-refractivity contribution >= 4 is 40.2 Å². The van der Waals surface area contributed by atoms with Crippen LogP contribution in [0.15, 0.2) is 95.2 Å². The van der Waals surface area contributed by atoms with E-state index in [1.54, 1.807) is 24.9 Å². The quantitative estimate of drug-likeness (QED) is 0.234. The number of carbonyl (C=O) groups excluding carboxylic acids is 1. The number of thiazole rings is 1. The highest BCUT2D eigenvalue weighted by molar-refractivity contribution is 7.98. The van der Waals surface area contributed by atoms with Gasteiger partial charge in [0.15, 0.2) is 5.13 Å². The van der Waals surface area contributed by atoms with Crippen molar-refractivity contribution in [2.45, 2.75) is 10.6 Å². The maximum Gasteiger partial charge on any atom is 0.250 e. The number of carbonyl (C=O) groups is 1. The van der Waals surface area contributed by atoms with E-state index in [0.29, 0.717) is 5.13 Å². The van der Waals surface area contributed by atoms with Crippen molar-refractivity contribution < 1.29 is 9.53 Å². The van der Waals surface area contributed by atoms with Crippen molar-refractivity contribution in [3.05, 3.63) is 101 Å². The van der Waals surface area contributed by atoms with E-state index in [-0.39, 0.29) is 5.91 Å². The van der Waals surface area contributed by atoms with E-state index in [9.17, 15) is 4.79 Å². The van der Waals surface area contributed by atoms with E-state index in [0.717, 1.165) is 28.3 Å². The van der Waals surface area contributed by atoms with Crippen molar-refractivity contribution in [3.8, 4) is 17.0 Å². The Hall–Kier alpha value is -3.35. The monoisotopic (exact) mass is 458 g/mol. The predicted molar refractivity (Wildman–Crippen MR) is 134 cm³/mol. The van der Waals surface area contributed by atoms with Gasteiger partial charge in [-0.05, 0) is 53.6 Å². The van der Waals surface area contributed by atoms with E-state index in [1.807, 2.05) is 47.8 Å². The summed E-state index contributed by atoms with van der Waals surface area (Å²) in [4.78, 5) is 18.0. The lowest BCUT2D eigenvalue weighted by Gasteiger charge is -2.02. The lowest BCUT2D eigenvalue weighted by Crippen LogP contribution is -2.07. The third-order valence-electron chi connectivity index (χ3n) is 4.68. The van der Waals surface area contributed by atoms with Crippen LogP contribution in [0.1, 0.15) is 11.1 Å². The molecule has 0 aliphatic rings. The third kappa shape index (κ3) is 6.09. The molecule has 0 bridgehead atoms. The average molecular weight is 459 g/mol. The first-order valence-corrected chi connectivity index (χ1v) is 11.9. The summed E-state index contributed by atoms with van der Waals surface area (Å²) in [6.07, 6.45) is 3.33. The van der Waals surface area contributed by atoms with Crippen LogP contribution in [0.25, 0.3) is 17.3 Å². The number of nitrogens with zero attached hydrogens (tertiary/aromatic N) is 1. The number of methoxy groups -OCH3 is 1. The molecule has 0 unspecified atom stereocenters. The van der Waals surface area contributed by atoms with Crippen LogP contribution in [0.3, 0.4) is 0 Å². The van der Waals surface area contributed by atoms with Gasteiger partial charge in [0.2, 0.25) is 5.91 Å². The summed E-state index contributed by atoms with van der Waals surface area (Å²) in [5.41, 5.74) is 4.07. The predicted octanol–water partition coefficient (Wildman–Crippen LogP) is 6.76. The molecule has 0 radical (unpaired) electrons. The highest BCUT2D eigenvalue weighted by atomic mass is 32.2. The molecule has 0 fully saturated rings. The second-order valence-corrected chi connectivity index (χ2v) is 8.84. The molecule has 0 saturated carbocycles. The van der Waals surface area contributed by atoms with Gasteiger partial charge in [0, 0.05) is 27.7 Å². The van der Waals surface area contributed by atoms with Gasteiger partial charge in [-0.3, -0.25) is 10.1 Å². The van der Waals surface area contributed by atoms with Crippen LogP contribution < -0.4 is 10.1 Å². The van der Waals surface area contributed by atoms with E-state index < -0.39 is 0 Å². The van der Waals surface area contributed by atoms with Gasteiger partial charge in [0.25, 0.3) is 0 Å². The summed E-state index contributed by atoms with van der Waals surface area (Å²) in [6.45, 7) is 0. The molecule has 0 spiro atoms. The number of rotatable bonds is 8. The summed E-state index contributed by atoms with van der Waals surface area (Å²) < 4.78 is 5.18. The molecule has 4 nitrogen and oxygen atoms in total. The van der Waals surface area contributed by atoms with Gasteiger partial charge in [-0.25, -0.2) is 4.98 Å². The smallest absolute Gasteiger partial charge is 0.250 e. The van der Waals surface area contributed by atoms with Crippen LogP contribution in [0, 0.1) is 0 Å². The van der Waals surface area contributed by atoms with Gasteiger partial charge in [-0.15, -0.1) is 23.1 Å². The molecule has 1 aromatic heterocycles. The Labute approximate surface area is 196 Å². The standard InChI is InChI=1S/C26H22N2O2S2/c1-30-22-12-10-21(11-13-22)24-18-32-26(27-24)28-25(29)16-9-19-7-14-23(15-8-19)31-17-20-5-3-2-4-6-20/h2-16,18H,17H2,1H3,(H,27,28,29)/b16-9+. The van der Waals surface area contributed by atoms with E-state index >= 15 is 0 Å². The van der Waals surface area contributed by atoms with Gasteiger partial charge in [0.05, 0.1) is 12.8 Å². The number of benzene rings is 3.